The van der Waals surface area contributed by atoms with Crippen molar-refractivity contribution in [2.24, 2.45) is 0 Å². The number of fused-ring (bicyclic) bond motifs is 1. The molecule has 0 aliphatic carbocycles. The van der Waals surface area contributed by atoms with E-state index in [4.69, 9.17) is 4.74 Å². The van der Waals surface area contributed by atoms with Crippen LogP contribution in [0.1, 0.15) is 16.7 Å². The number of nitrogens with one attached hydrogen (secondary N) is 3. The van der Waals surface area contributed by atoms with Gasteiger partial charge in [0, 0.05) is 11.1 Å². The van der Waals surface area contributed by atoms with Crippen LogP contribution in [0.4, 0.5) is 29.5 Å². The Bertz CT molecular complexity index is 1320. The zero-order valence-electron chi connectivity index (χ0n) is 17.2. The number of carbonyl (C=O) groups excluding carboxylic acids is 1. The quantitative estimate of drug-likeness (QED) is 0.342. The number of rotatable bonds is 5. The van der Waals surface area contributed by atoms with Crippen molar-refractivity contribution in [1.29, 1.82) is 0 Å². The van der Waals surface area contributed by atoms with Gasteiger partial charge in [0.15, 0.2) is 17.5 Å². The largest absolute Gasteiger partial charge is 0.489 e. The number of aryl methyl sites for hydroxylation is 2. The van der Waals surface area contributed by atoms with Crippen molar-refractivity contribution in [2.75, 3.05) is 10.6 Å². The molecule has 164 valence electrons. The molecule has 3 N–H and O–H groups in total. The topological polar surface area (TPSA) is 79.0 Å². The zero-order chi connectivity index (χ0) is 22.8. The molecule has 0 saturated heterocycles. The van der Waals surface area contributed by atoms with Crippen molar-refractivity contribution in [3.63, 3.8) is 0 Å². The molecule has 0 aliphatic heterocycles. The molecule has 1 aromatic heterocycles. The van der Waals surface area contributed by atoms with Crippen molar-refractivity contribution in [2.45, 2.75) is 20.5 Å². The lowest BCUT2D eigenvalue weighted by Crippen LogP contribution is -2.20. The number of aromatic amines is 1. The van der Waals surface area contributed by atoms with Gasteiger partial charge in [0.05, 0.1) is 11.1 Å². The summed E-state index contributed by atoms with van der Waals surface area (Å²) in [4.78, 5) is 12.4. The van der Waals surface area contributed by atoms with Gasteiger partial charge in [-0.1, -0.05) is 17.7 Å². The van der Waals surface area contributed by atoms with E-state index in [0.29, 0.717) is 22.7 Å². The number of H-pyrrole nitrogens is 1. The second kappa shape index (κ2) is 8.62. The first-order chi connectivity index (χ1) is 15.3. The van der Waals surface area contributed by atoms with E-state index in [1.54, 1.807) is 18.2 Å². The van der Waals surface area contributed by atoms with E-state index in [9.17, 15) is 18.0 Å². The number of nitrogens with zero attached hydrogens (tertiary/aromatic N) is 1. The summed E-state index contributed by atoms with van der Waals surface area (Å²) in [5.74, 6) is -2.84. The van der Waals surface area contributed by atoms with Crippen LogP contribution in [-0.2, 0) is 6.61 Å². The number of anilines is 2. The first-order valence-electron chi connectivity index (χ1n) is 9.70. The number of amides is 2. The van der Waals surface area contributed by atoms with Crippen molar-refractivity contribution in [1.82, 2.24) is 10.2 Å². The molecule has 0 unspecified atom stereocenters. The number of hydrogen-bond donors (Lipinski definition) is 3. The summed E-state index contributed by atoms with van der Waals surface area (Å²) in [6.07, 6.45) is 0. The third-order valence-corrected chi connectivity index (χ3v) is 4.92. The molecule has 0 radical (unpaired) electrons. The molecule has 3 aromatic carbocycles. The second-order valence-corrected chi connectivity index (χ2v) is 7.29. The minimum atomic E-state index is -1.29. The number of halogens is 3. The summed E-state index contributed by atoms with van der Waals surface area (Å²) in [5, 5.41) is 12.8. The van der Waals surface area contributed by atoms with Gasteiger partial charge in [0.25, 0.3) is 0 Å². The van der Waals surface area contributed by atoms with Crippen molar-refractivity contribution < 1.29 is 22.7 Å². The smallest absolute Gasteiger partial charge is 0.324 e. The fourth-order valence-corrected chi connectivity index (χ4v) is 3.25. The predicted molar refractivity (Wildman–Crippen MR) is 115 cm³/mol. The average molecular weight is 440 g/mol. The van der Waals surface area contributed by atoms with Crippen LogP contribution >= 0.6 is 0 Å². The molecule has 0 bridgehead atoms. The van der Waals surface area contributed by atoms with Gasteiger partial charge >= 0.3 is 6.03 Å². The highest BCUT2D eigenvalue weighted by Gasteiger charge is 2.15. The minimum absolute atomic E-state index is 0.246. The summed E-state index contributed by atoms with van der Waals surface area (Å²) in [6, 6.07) is 11.5. The van der Waals surface area contributed by atoms with Gasteiger partial charge in [-0.3, -0.25) is 10.4 Å². The van der Waals surface area contributed by atoms with Crippen LogP contribution in [0.2, 0.25) is 0 Å². The number of carbonyl (C=O) groups is 1. The Morgan fingerprint density at radius 2 is 1.78 bits per heavy atom. The minimum Gasteiger partial charge on any atom is -0.489 e. The molecular weight excluding hydrogens is 421 g/mol. The molecule has 0 aliphatic rings. The lowest BCUT2D eigenvalue weighted by atomic mass is 10.1. The number of urea groups is 1. The van der Waals surface area contributed by atoms with Crippen molar-refractivity contribution in [3.05, 3.63) is 82.7 Å². The van der Waals surface area contributed by atoms with Gasteiger partial charge in [0.1, 0.15) is 18.2 Å². The summed E-state index contributed by atoms with van der Waals surface area (Å²) in [7, 11) is 0. The Morgan fingerprint density at radius 3 is 2.56 bits per heavy atom. The second-order valence-electron chi connectivity index (χ2n) is 7.29. The van der Waals surface area contributed by atoms with Crippen molar-refractivity contribution in [3.8, 4) is 5.75 Å². The average Bonchev–Trinajstić information content (AvgIpc) is 3.15. The summed E-state index contributed by atoms with van der Waals surface area (Å²) in [5.41, 5.74) is 2.76. The predicted octanol–water partition coefficient (Wildman–Crippen LogP) is 5.82. The van der Waals surface area contributed by atoms with Gasteiger partial charge in [-0.2, -0.15) is 5.10 Å². The van der Waals surface area contributed by atoms with Crippen LogP contribution < -0.4 is 15.4 Å². The maximum atomic E-state index is 13.8. The van der Waals surface area contributed by atoms with Crippen LogP contribution in [0.15, 0.2) is 48.5 Å². The molecule has 0 saturated carbocycles. The number of ether oxygens (including phenoxy) is 1. The SMILES string of the molecule is Cc1ccc(NC(=O)Nc2n[nH]c3ccc(OCc4c(F)ccc(F)c4F)cc23)c(C)c1. The highest BCUT2D eigenvalue weighted by molar-refractivity contribution is 6.05. The Balaban J connectivity index is 1.50. The number of aromatic nitrogens is 2. The molecule has 2 amide bonds. The Labute approximate surface area is 181 Å². The fraction of sp³-hybridized carbons (Fsp3) is 0.130. The first-order valence-corrected chi connectivity index (χ1v) is 9.70. The van der Waals surface area contributed by atoms with Gasteiger partial charge in [-0.25, -0.2) is 18.0 Å². The summed E-state index contributed by atoms with van der Waals surface area (Å²) in [6.45, 7) is 3.35. The number of benzene rings is 3. The Morgan fingerprint density at radius 1 is 1.00 bits per heavy atom. The molecule has 0 spiro atoms. The van der Waals surface area contributed by atoms with Crippen LogP contribution in [0, 0.1) is 31.3 Å². The van der Waals surface area contributed by atoms with E-state index in [1.807, 2.05) is 32.0 Å². The highest BCUT2D eigenvalue weighted by atomic mass is 19.2. The Hall–Kier alpha value is -4.01. The van der Waals surface area contributed by atoms with E-state index in [1.165, 1.54) is 0 Å². The first kappa shape index (κ1) is 21.2. The zero-order valence-corrected chi connectivity index (χ0v) is 17.2. The third kappa shape index (κ3) is 4.36. The van der Waals surface area contributed by atoms with Gasteiger partial charge in [-0.15, -0.1) is 0 Å². The lowest BCUT2D eigenvalue weighted by molar-refractivity contribution is 0.262. The molecule has 1 heterocycles. The van der Waals surface area contributed by atoms with E-state index in [2.05, 4.69) is 20.8 Å². The van der Waals surface area contributed by atoms with E-state index >= 15 is 0 Å². The maximum Gasteiger partial charge on any atom is 0.324 e. The molecule has 6 nitrogen and oxygen atoms in total. The molecule has 9 heteroatoms. The summed E-state index contributed by atoms with van der Waals surface area (Å²) >= 11 is 0. The van der Waals surface area contributed by atoms with Crippen LogP contribution in [0.3, 0.4) is 0 Å². The summed E-state index contributed by atoms with van der Waals surface area (Å²) < 4.78 is 46.5. The third-order valence-electron chi connectivity index (χ3n) is 4.92. The van der Waals surface area contributed by atoms with Crippen LogP contribution in [-0.4, -0.2) is 16.2 Å². The normalized spacial score (nSPS) is 10.9. The fourth-order valence-electron chi connectivity index (χ4n) is 3.25. The van der Waals surface area contributed by atoms with E-state index in [0.717, 1.165) is 17.2 Å². The standard InChI is InChI=1S/C23H19F3N4O2/c1-12-3-7-19(13(2)9-12)27-23(31)28-22-15-10-14(4-8-20(15)29-30-22)32-11-16-17(24)5-6-18(25)21(16)26/h3-10H,11H2,1-2H3,(H3,27,28,29,30,31). The lowest BCUT2D eigenvalue weighted by Gasteiger charge is -2.10. The van der Waals surface area contributed by atoms with Gasteiger partial charge in [-0.05, 0) is 55.8 Å². The van der Waals surface area contributed by atoms with Gasteiger partial charge < -0.3 is 10.1 Å². The molecule has 4 aromatic rings. The van der Waals surface area contributed by atoms with Gasteiger partial charge in [0.2, 0.25) is 0 Å². The van der Waals surface area contributed by atoms with E-state index in [-0.39, 0.29) is 11.6 Å². The van der Waals surface area contributed by atoms with Crippen molar-refractivity contribution >= 4 is 28.4 Å². The van der Waals surface area contributed by atoms with E-state index < -0.39 is 35.7 Å². The molecule has 0 fully saturated rings. The van der Waals surface area contributed by atoms with Crippen LogP contribution in [0.5, 0.6) is 5.75 Å². The highest BCUT2D eigenvalue weighted by Crippen LogP contribution is 2.27. The monoisotopic (exact) mass is 440 g/mol. The molecule has 4 rings (SSSR count). The van der Waals surface area contributed by atoms with Crippen LogP contribution in [0.25, 0.3) is 10.9 Å². The maximum absolute atomic E-state index is 13.8. The number of hydrogen-bond acceptors (Lipinski definition) is 3. The molecule has 32 heavy (non-hydrogen) atoms. The molecule has 0 atom stereocenters. The Kier molecular flexibility index (Phi) is 5.72. The molecular formula is C23H19F3N4O2.